The molecule has 0 aliphatic heterocycles. The largest absolute Gasteiger partial charge is 0.480 e. The highest BCUT2D eigenvalue weighted by molar-refractivity contribution is 7.98. The first kappa shape index (κ1) is 13.1. The third-order valence-electron chi connectivity index (χ3n) is 2.96. The number of carboxylic acid groups (broad SMARTS) is 1. The lowest BCUT2D eigenvalue weighted by molar-refractivity contribution is -0.149. The van der Waals surface area contributed by atoms with E-state index in [0.717, 1.165) is 10.5 Å². The summed E-state index contributed by atoms with van der Waals surface area (Å²) in [5, 5.41) is 9.34. The Morgan fingerprint density at radius 2 is 1.81 bits per heavy atom. The maximum absolute atomic E-state index is 11.4. The topological polar surface area (TPSA) is 40.5 Å². The number of hydrogen-bond acceptors (Lipinski definition) is 3. The number of aliphatic carboxylic acids is 1. The summed E-state index contributed by atoms with van der Waals surface area (Å²) in [5.41, 5.74) is -0.181. The number of nitrogens with zero attached hydrogens (tertiary/aromatic N) is 1. The predicted octanol–water partition coefficient (Wildman–Crippen LogP) is 2.27. The molecule has 0 bridgehead atoms. The van der Waals surface area contributed by atoms with Crippen LogP contribution in [-0.2, 0) is 10.3 Å². The summed E-state index contributed by atoms with van der Waals surface area (Å²) < 4.78 is 0. The number of benzene rings is 1. The highest BCUT2D eigenvalue weighted by Crippen LogP contribution is 2.28. The van der Waals surface area contributed by atoms with E-state index in [0.29, 0.717) is 0 Å². The lowest BCUT2D eigenvalue weighted by Crippen LogP contribution is -2.45. The third-order valence-corrected chi connectivity index (χ3v) is 3.71. The quantitative estimate of drug-likeness (QED) is 0.818. The van der Waals surface area contributed by atoms with Crippen LogP contribution in [0.1, 0.15) is 12.5 Å². The molecule has 1 rings (SSSR count). The fraction of sp³-hybridized carbons (Fsp3) is 0.417. The second-order valence-corrected chi connectivity index (χ2v) is 4.88. The molecule has 0 aliphatic carbocycles. The zero-order valence-electron chi connectivity index (χ0n) is 10.0. The van der Waals surface area contributed by atoms with Crippen molar-refractivity contribution in [3.8, 4) is 0 Å². The summed E-state index contributed by atoms with van der Waals surface area (Å²) in [7, 11) is 3.55. The summed E-state index contributed by atoms with van der Waals surface area (Å²) >= 11 is 1.64. The molecular weight excluding hydrogens is 222 g/mol. The van der Waals surface area contributed by atoms with Crippen LogP contribution in [0.5, 0.6) is 0 Å². The molecule has 3 nitrogen and oxygen atoms in total. The highest BCUT2D eigenvalue weighted by atomic mass is 32.2. The second kappa shape index (κ2) is 4.89. The lowest BCUT2D eigenvalue weighted by Gasteiger charge is -2.32. The van der Waals surface area contributed by atoms with Gasteiger partial charge in [-0.05, 0) is 45.0 Å². The number of thioether (sulfide) groups is 1. The minimum absolute atomic E-state index is 0.794. The van der Waals surface area contributed by atoms with Gasteiger partial charge in [0.1, 0.15) is 5.54 Å². The SMILES string of the molecule is CSc1ccc(C(C)(C(=O)O)N(C)C)cc1. The van der Waals surface area contributed by atoms with E-state index < -0.39 is 11.5 Å². The van der Waals surface area contributed by atoms with Gasteiger partial charge in [0.05, 0.1) is 0 Å². The molecular formula is C12H17NO2S. The van der Waals surface area contributed by atoms with E-state index >= 15 is 0 Å². The van der Waals surface area contributed by atoms with Gasteiger partial charge in [-0.3, -0.25) is 4.90 Å². The van der Waals surface area contributed by atoms with Crippen molar-refractivity contribution in [2.24, 2.45) is 0 Å². The van der Waals surface area contributed by atoms with Crippen LogP contribution in [0.2, 0.25) is 0 Å². The Morgan fingerprint density at radius 3 is 2.12 bits per heavy atom. The molecule has 4 heteroatoms. The van der Waals surface area contributed by atoms with Crippen LogP contribution in [-0.4, -0.2) is 36.3 Å². The molecule has 16 heavy (non-hydrogen) atoms. The molecule has 88 valence electrons. The second-order valence-electron chi connectivity index (χ2n) is 4.00. The fourth-order valence-electron chi connectivity index (χ4n) is 1.49. The summed E-state index contributed by atoms with van der Waals surface area (Å²) in [6.45, 7) is 1.71. The van der Waals surface area contributed by atoms with Crippen LogP contribution in [0.3, 0.4) is 0 Å². The first-order valence-electron chi connectivity index (χ1n) is 4.98. The van der Waals surface area contributed by atoms with Gasteiger partial charge in [0.2, 0.25) is 0 Å². The minimum atomic E-state index is -0.975. The standard InChI is InChI=1S/C12H17NO2S/c1-12(11(14)15,13(2)3)9-5-7-10(16-4)8-6-9/h5-8H,1-4H3,(H,14,15). The number of carbonyl (C=O) groups is 1. The van der Waals surface area contributed by atoms with Gasteiger partial charge in [0.15, 0.2) is 0 Å². The molecule has 0 spiro atoms. The normalized spacial score (nSPS) is 14.8. The zero-order chi connectivity index (χ0) is 12.3. The van der Waals surface area contributed by atoms with E-state index in [4.69, 9.17) is 0 Å². The van der Waals surface area contributed by atoms with Crippen LogP contribution in [0.4, 0.5) is 0 Å². The first-order valence-corrected chi connectivity index (χ1v) is 6.20. The molecule has 0 aromatic heterocycles. The van der Waals surface area contributed by atoms with Gasteiger partial charge in [-0.15, -0.1) is 11.8 Å². The third kappa shape index (κ3) is 2.23. The number of carboxylic acids is 1. The van der Waals surface area contributed by atoms with Gasteiger partial charge in [-0.25, -0.2) is 4.79 Å². The molecule has 0 saturated heterocycles. The number of rotatable bonds is 4. The highest BCUT2D eigenvalue weighted by Gasteiger charge is 2.37. The van der Waals surface area contributed by atoms with E-state index in [1.54, 1.807) is 37.7 Å². The number of likely N-dealkylation sites (N-methyl/N-ethyl adjacent to an activating group) is 1. The molecule has 1 unspecified atom stereocenters. The van der Waals surface area contributed by atoms with Crippen LogP contribution in [0, 0.1) is 0 Å². The van der Waals surface area contributed by atoms with Crippen molar-refractivity contribution in [2.75, 3.05) is 20.4 Å². The van der Waals surface area contributed by atoms with Crippen molar-refractivity contribution in [3.63, 3.8) is 0 Å². The van der Waals surface area contributed by atoms with Crippen LogP contribution < -0.4 is 0 Å². The first-order chi connectivity index (χ1) is 7.42. The minimum Gasteiger partial charge on any atom is -0.480 e. The van der Waals surface area contributed by atoms with Crippen molar-refractivity contribution in [1.29, 1.82) is 0 Å². The molecule has 0 radical (unpaired) electrons. The molecule has 1 aromatic carbocycles. The van der Waals surface area contributed by atoms with Crippen molar-refractivity contribution < 1.29 is 9.90 Å². The molecule has 0 amide bonds. The Kier molecular flexibility index (Phi) is 3.99. The van der Waals surface area contributed by atoms with Crippen molar-refractivity contribution in [3.05, 3.63) is 29.8 Å². The van der Waals surface area contributed by atoms with Gasteiger partial charge in [0, 0.05) is 4.90 Å². The summed E-state index contributed by atoms with van der Waals surface area (Å²) in [4.78, 5) is 14.2. The van der Waals surface area contributed by atoms with Gasteiger partial charge in [0.25, 0.3) is 0 Å². The van der Waals surface area contributed by atoms with E-state index in [1.165, 1.54) is 0 Å². The Morgan fingerprint density at radius 1 is 1.31 bits per heavy atom. The van der Waals surface area contributed by atoms with E-state index in [-0.39, 0.29) is 0 Å². The lowest BCUT2D eigenvalue weighted by atomic mass is 9.91. The van der Waals surface area contributed by atoms with Gasteiger partial charge < -0.3 is 5.11 Å². The Hall–Kier alpha value is -1.00. The van der Waals surface area contributed by atoms with Crippen LogP contribution >= 0.6 is 11.8 Å². The van der Waals surface area contributed by atoms with Crippen molar-refractivity contribution >= 4 is 17.7 Å². The average molecular weight is 239 g/mol. The molecule has 1 aromatic rings. The molecule has 0 saturated carbocycles. The van der Waals surface area contributed by atoms with Crippen molar-refractivity contribution in [2.45, 2.75) is 17.4 Å². The monoisotopic (exact) mass is 239 g/mol. The number of hydrogen-bond donors (Lipinski definition) is 1. The maximum Gasteiger partial charge on any atom is 0.328 e. The molecule has 0 aliphatic rings. The van der Waals surface area contributed by atoms with E-state index in [1.807, 2.05) is 30.5 Å². The Balaban J connectivity index is 3.17. The predicted molar refractivity (Wildman–Crippen MR) is 66.9 cm³/mol. The van der Waals surface area contributed by atoms with Crippen LogP contribution in [0.25, 0.3) is 0 Å². The summed E-state index contributed by atoms with van der Waals surface area (Å²) in [5.74, 6) is -0.839. The van der Waals surface area contributed by atoms with E-state index in [9.17, 15) is 9.90 Å². The van der Waals surface area contributed by atoms with Gasteiger partial charge >= 0.3 is 5.97 Å². The van der Waals surface area contributed by atoms with Gasteiger partial charge in [-0.2, -0.15) is 0 Å². The molecule has 1 atom stereocenters. The van der Waals surface area contributed by atoms with Gasteiger partial charge in [-0.1, -0.05) is 12.1 Å². The average Bonchev–Trinajstić information content (AvgIpc) is 2.27. The van der Waals surface area contributed by atoms with Crippen molar-refractivity contribution in [1.82, 2.24) is 4.90 Å². The molecule has 0 heterocycles. The maximum atomic E-state index is 11.4. The van der Waals surface area contributed by atoms with E-state index in [2.05, 4.69) is 0 Å². The smallest absolute Gasteiger partial charge is 0.328 e. The Labute approximate surface area is 100 Å². The zero-order valence-corrected chi connectivity index (χ0v) is 10.8. The molecule has 0 fully saturated rings. The van der Waals surface area contributed by atoms with Crippen LogP contribution in [0.15, 0.2) is 29.2 Å². The fourth-order valence-corrected chi connectivity index (χ4v) is 1.90. The molecule has 1 N–H and O–H groups in total. The summed E-state index contributed by atoms with van der Waals surface area (Å²) in [6, 6.07) is 7.65. The summed E-state index contributed by atoms with van der Waals surface area (Å²) in [6.07, 6.45) is 2.00. The Bertz CT molecular complexity index is 375.